The molecular formula is C19H16ClNOS. The first-order valence-corrected chi connectivity index (χ1v) is 8.66. The average molecular weight is 342 g/mol. The maximum atomic E-state index is 12.1. The SMILES string of the molecule is Cc1cc(Cl)ccc1NC(=O)CSc1ccc2ccccc2c1. The van der Waals surface area contributed by atoms with Gasteiger partial charge in [-0.05, 0) is 53.6 Å². The highest BCUT2D eigenvalue weighted by Gasteiger charge is 2.06. The fourth-order valence-corrected chi connectivity index (χ4v) is 3.33. The summed E-state index contributed by atoms with van der Waals surface area (Å²) in [6, 6.07) is 19.9. The molecular weight excluding hydrogens is 326 g/mol. The molecule has 0 saturated heterocycles. The third-order valence-electron chi connectivity index (χ3n) is 3.55. The summed E-state index contributed by atoms with van der Waals surface area (Å²) in [7, 11) is 0. The number of halogens is 1. The Morgan fingerprint density at radius 2 is 1.83 bits per heavy atom. The molecule has 2 nitrogen and oxygen atoms in total. The Kier molecular flexibility index (Phi) is 4.89. The fraction of sp³-hybridized carbons (Fsp3) is 0.105. The van der Waals surface area contributed by atoms with E-state index in [1.807, 2.05) is 37.3 Å². The van der Waals surface area contributed by atoms with Gasteiger partial charge in [0.05, 0.1) is 5.75 Å². The number of aryl methyl sites for hydroxylation is 1. The number of carbonyl (C=O) groups excluding carboxylic acids is 1. The first-order valence-electron chi connectivity index (χ1n) is 7.29. The van der Waals surface area contributed by atoms with E-state index in [0.717, 1.165) is 16.1 Å². The van der Waals surface area contributed by atoms with Gasteiger partial charge in [-0.15, -0.1) is 11.8 Å². The molecule has 23 heavy (non-hydrogen) atoms. The first-order chi connectivity index (χ1) is 11.1. The number of hydrogen-bond donors (Lipinski definition) is 1. The van der Waals surface area contributed by atoms with Crippen LogP contribution < -0.4 is 5.32 Å². The van der Waals surface area contributed by atoms with Crippen LogP contribution in [0.3, 0.4) is 0 Å². The Hall–Kier alpha value is -1.97. The Morgan fingerprint density at radius 3 is 2.61 bits per heavy atom. The molecule has 0 aliphatic rings. The van der Waals surface area contributed by atoms with E-state index >= 15 is 0 Å². The maximum Gasteiger partial charge on any atom is 0.234 e. The minimum absolute atomic E-state index is 0.0198. The van der Waals surface area contributed by atoms with E-state index < -0.39 is 0 Å². The average Bonchev–Trinajstić information content (AvgIpc) is 2.55. The van der Waals surface area contributed by atoms with Crippen molar-refractivity contribution in [1.82, 2.24) is 0 Å². The lowest BCUT2D eigenvalue weighted by Gasteiger charge is -2.09. The summed E-state index contributed by atoms with van der Waals surface area (Å²) in [4.78, 5) is 13.2. The molecule has 4 heteroatoms. The molecule has 0 fully saturated rings. The second-order valence-corrected chi connectivity index (χ2v) is 6.79. The molecule has 0 spiro atoms. The predicted octanol–water partition coefficient (Wildman–Crippen LogP) is 5.53. The molecule has 116 valence electrons. The van der Waals surface area contributed by atoms with Gasteiger partial charge in [0.1, 0.15) is 0 Å². The fourth-order valence-electron chi connectivity index (χ4n) is 2.36. The third kappa shape index (κ3) is 4.06. The number of rotatable bonds is 4. The molecule has 0 heterocycles. The summed E-state index contributed by atoms with van der Waals surface area (Å²) in [5, 5.41) is 5.99. The van der Waals surface area contributed by atoms with Crippen molar-refractivity contribution < 1.29 is 4.79 Å². The minimum Gasteiger partial charge on any atom is -0.325 e. The van der Waals surface area contributed by atoms with Gasteiger partial charge in [0, 0.05) is 15.6 Å². The van der Waals surface area contributed by atoms with Gasteiger partial charge in [0.2, 0.25) is 5.91 Å². The molecule has 3 aromatic carbocycles. The van der Waals surface area contributed by atoms with Crippen molar-refractivity contribution in [3.63, 3.8) is 0 Å². The third-order valence-corrected chi connectivity index (χ3v) is 4.78. The normalized spacial score (nSPS) is 10.7. The lowest BCUT2D eigenvalue weighted by molar-refractivity contribution is -0.113. The van der Waals surface area contributed by atoms with Crippen LogP contribution in [-0.4, -0.2) is 11.7 Å². The molecule has 3 aromatic rings. The van der Waals surface area contributed by atoms with E-state index in [4.69, 9.17) is 11.6 Å². The number of nitrogens with one attached hydrogen (secondary N) is 1. The van der Waals surface area contributed by atoms with Crippen LogP contribution in [0.15, 0.2) is 65.6 Å². The summed E-state index contributed by atoms with van der Waals surface area (Å²) in [6.07, 6.45) is 0. The topological polar surface area (TPSA) is 29.1 Å². The van der Waals surface area contributed by atoms with E-state index in [1.165, 1.54) is 22.5 Å². The van der Waals surface area contributed by atoms with Crippen molar-refractivity contribution in [1.29, 1.82) is 0 Å². The van der Waals surface area contributed by atoms with Gasteiger partial charge in [-0.2, -0.15) is 0 Å². The lowest BCUT2D eigenvalue weighted by Crippen LogP contribution is -2.14. The molecule has 0 saturated carbocycles. The Balaban J connectivity index is 1.63. The monoisotopic (exact) mass is 341 g/mol. The van der Waals surface area contributed by atoms with Crippen LogP contribution in [0.25, 0.3) is 10.8 Å². The van der Waals surface area contributed by atoms with Gasteiger partial charge in [0.15, 0.2) is 0 Å². The van der Waals surface area contributed by atoms with E-state index in [2.05, 4.69) is 29.6 Å². The number of hydrogen-bond acceptors (Lipinski definition) is 2. The Labute approximate surface area is 144 Å². The molecule has 0 aliphatic carbocycles. The minimum atomic E-state index is -0.0198. The van der Waals surface area contributed by atoms with E-state index in [0.29, 0.717) is 10.8 Å². The number of fused-ring (bicyclic) bond motifs is 1. The Bertz CT molecular complexity index is 863. The van der Waals surface area contributed by atoms with Gasteiger partial charge in [-0.1, -0.05) is 41.9 Å². The standard InChI is InChI=1S/C19H16ClNOS/c1-13-10-16(20)7-9-18(13)21-19(22)12-23-17-8-6-14-4-2-3-5-15(14)11-17/h2-11H,12H2,1H3,(H,21,22). The van der Waals surface area contributed by atoms with Crippen molar-refractivity contribution in [3.05, 3.63) is 71.2 Å². The highest BCUT2D eigenvalue weighted by molar-refractivity contribution is 8.00. The van der Waals surface area contributed by atoms with Crippen molar-refractivity contribution in [3.8, 4) is 0 Å². The second kappa shape index (κ2) is 7.07. The number of benzene rings is 3. The number of carbonyl (C=O) groups is 1. The summed E-state index contributed by atoms with van der Waals surface area (Å²) in [5.41, 5.74) is 1.76. The molecule has 0 unspecified atom stereocenters. The van der Waals surface area contributed by atoms with Crippen LogP contribution in [0.4, 0.5) is 5.69 Å². The van der Waals surface area contributed by atoms with Gasteiger partial charge in [-0.3, -0.25) is 4.79 Å². The van der Waals surface area contributed by atoms with E-state index in [-0.39, 0.29) is 5.91 Å². The van der Waals surface area contributed by atoms with Crippen molar-refractivity contribution in [2.24, 2.45) is 0 Å². The zero-order valence-corrected chi connectivity index (χ0v) is 14.2. The van der Waals surface area contributed by atoms with Crippen molar-refractivity contribution in [2.45, 2.75) is 11.8 Å². The van der Waals surface area contributed by atoms with Gasteiger partial charge in [-0.25, -0.2) is 0 Å². The summed E-state index contributed by atoms with van der Waals surface area (Å²) in [6.45, 7) is 1.93. The van der Waals surface area contributed by atoms with Crippen molar-refractivity contribution >= 4 is 45.7 Å². The molecule has 1 amide bonds. The maximum absolute atomic E-state index is 12.1. The zero-order chi connectivity index (χ0) is 16.2. The molecule has 0 aliphatic heterocycles. The molecule has 3 rings (SSSR count). The summed E-state index contributed by atoms with van der Waals surface area (Å²) in [5.74, 6) is 0.356. The number of amides is 1. The molecule has 0 bridgehead atoms. The molecule has 0 aromatic heterocycles. The van der Waals surface area contributed by atoms with Crippen molar-refractivity contribution in [2.75, 3.05) is 11.1 Å². The predicted molar refractivity (Wildman–Crippen MR) is 99.5 cm³/mol. The van der Waals surface area contributed by atoms with E-state index in [9.17, 15) is 4.79 Å². The molecule has 1 N–H and O–H groups in total. The van der Waals surface area contributed by atoms with Gasteiger partial charge in [0.25, 0.3) is 0 Å². The van der Waals surface area contributed by atoms with Crippen LogP contribution in [0, 0.1) is 6.92 Å². The molecule has 0 atom stereocenters. The molecule has 0 radical (unpaired) electrons. The van der Waals surface area contributed by atoms with Crippen LogP contribution in [0.1, 0.15) is 5.56 Å². The van der Waals surface area contributed by atoms with Crippen LogP contribution in [0.2, 0.25) is 5.02 Å². The second-order valence-electron chi connectivity index (χ2n) is 5.31. The highest BCUT2D eigenvalue weighted by Crippen LogP contribution is 2.24. The summed E-state index contributed by atoms with van der Waals surface area (Å²) >= 11 is 7.46. The van der Waals surface area contributed by atoms with Gasteiger partial charge < -0.3 is 5.32 Å². The van der Waals surface area contributed by atoms with Crippen LogP contribution in [0.5, 0.6) is 0 Å². The van der Waals surface area contributed by atoms with Gasteiger partial charge >= 0.3 is 0 Å². The van der Waals surface area contributed by atoms with E-state index in [1.54, 1.807) is 6.07 Å². The smallest absolute Gasteiger partial charge is 0.234 e. The van der Waals surface area contributed by atoms with Crippen LogP contribution in [-0.2, 0) is 4.79 Å². The zero-order valence-electron chi connectivity index (χ0n) is 12.7. The summed E-state index contributed by atoms with van der Waals surface area (Å²) < 4.78 is 0. The van der Waals surface area contributed by atoms with Crippen LogP contribution >= 0.6 is 23.4 Å². The largest absolute Gasteiger partial charge is 0.325 e. The lowest BCUT2D eigenvalue weighted by atomic mass is 10.1. The quantitative estimate of drug-likeness (QED) is 0.632. The number of thioether (sulfide) groups is 1. The first kappa shape index (κ1) is 15.9. The Morgan fingerprint density at radius 1 is 1.04 bits per heavy atom. The highest BCUT2D eigenvalue weighted by atomic mass is 35.5. The number of anilines is 1.